The van der Waals surface area contributed by atoms with Crippen LogP contribution in [0.5, 0.6) is 11.5 Å². The summed E-state index contributed by atoms with van der Waals surface area (Å²) >= 11 is 0. The molecule has 0 bridgehead atoms. The first-order valence-corrected chi connectivity index (χ1v) is 9.75. The molecule has 6 nitrogen and oxygen atoms in total. The third-order valence-corrected chi connectivity index (χ3v) is 5.22. The molecule has 4 rings (SSSR count). The molecule has 0 N–H and O–H groups in total. The number of amides is 1. The summed E-state index contributed by atoms with van der Waals surface area (Å²) in [6, 6.07) is 22.1. The van der Waals surface area contributed by atoms with E-state index in [1.54, 1.807) is 32.5 Å². The largest absolute Gasteiger partial charge is 0.493 e. The molecule has 0 spiro atoms. The van der Waals surface area contributed by atoms with Crippen LogP contribution in [-0.4, -0.2) is 31.7 Å². The number of anilines is 1. The molecule has 1 heterocycles. The van der Waals surface area contributed by atoms with Gasteiger partial charge in [-0.1, -0.05) is 36.4 Å². The molecule has 0 aliphatic carbocycles. The van der Waals surface area contributed by atoms with Gasteiger partial charge in [0, 0.05) is 30.7 Å². The van der Waals surface area contributed by atoms with E-state index in [1.165, 1.54) is 12.0 Å². The number of pyridine rings is 1. The van der Waals surface area contributed by atoms with Gasteiger partial charge in [0.2, 0.25) is 5.43 Å². The van der Waals surface area contributed by atoms with E-state index < -0.39 is 5.91 Å². The van der Waals surface area contributed by atoms with E-state index in [4.69, 9.17) is 9.47 Å². The molecule has 0 radical (unpaired) electrons. The summed E-state index contributed by atoms with van der Waals surface area (Å²) in [5.41, 5.74) is 1.83. The quantitative estimate of drug-likeness (QED) is 0.489. The summed E-state index contributed by atoms with van der Waals surface area (Å²) in [4.78, 5) is 28.2. The Bertz CT molecular complexity index is 1300. The fraction of sp³-hybridized carbons (Fsp3) is 0.120. The van der Waals surface area contributed by atoms with Gasteiger partial charge >= 0.3 is 0 Å². The van der Waals surface area contributed by atoms with Crippen LogP contribution in [0.25, 0.3) is 16.6 Å². The second-order valence-electron chi connectivity index (χ2n) is 7.00. The maximum Gasteiger partial charge on any atom is 0.263 e. The van der Waals surface area contributed by atoms with E-state index in [2.05, 4.69) is 0 Å². The molecule has 0 fully saturated rings. The van der Waals surface area contributed by atoms with Gasteiger partial charge < -0.3 is 18.9 Å². The van der Waals surface area contributed by atoms with Crippen molar-refractivity contribution in [3.8, 4) is 17.2 Å². The molecule has 0 saturated carbocycles. The molecule has 0 aliphatic heterocycles. The number of nitrogens with zero attached hydrogens (tertiary/aromatic N) is 2. The maximum absolute atomic E-state index is 13.4. The summed E-state index contributed by atoms with van der Waals surface area (Å²) in [5.74, 6) is 0.532. The molecule has 0 aliphatic rings. The zero-order chi connectivity index (χ0) is 22.0. The van der Waals surface area contributed by atoms with E-state index in [0.29, 0.717) is 28.1 Å². The van der Waals surface area contributed by atoms with E-state index >= 15 is 0 Å². The average molecular weight is 414 g/mol. The van der Waals surface area contributed by atoms with Gasteiger partial charge in [-0.15, -0.1) is 0 Å². The van der Waals surface area contributed by atoms with Crippen LogP contribution in [0.15, 0.2) is 83.8 Å². The van der Waals surface area contributed by atoms with Gasteiger partial charge in [0.1, 0.15) is 5.56 Å². The molecule has 1 aromatic heterocycles. The number of rotatable bonds is 5. The van der Waals surface area contributed by atoms with Crippen molar-refractivity contribution in [3.05, 3.63) is 94.8 Å². The molecule has 156 valence electrons. The van der Waals surface area contributed by atoms with Crippen LogP contribution in [0.2, 0.25) is 0 Å². The molecule has 0 saturated heterocycles. The molecule has 3 aromatic carbocycles. The van der Waals surface area contributed by atoms with Gasteiger partial charge in [0.15, 0.2) is 11.5 Å². The van der Waals surface area contributed by atoms with Gasteiger partial charge in [-0.05, 0) is 30.3 Å². The Morgan fingerprint density at radius 1 is 0.871 bits per heavy atom. The normalized spacial score (nSPS) is 10.7. The standard InChI is InChI=1S/C25H22N2O4/c1-26(17-10-6-4-7-11-17)25(29)20-16-27(18-12-8-5-9-13-18)21-15-23(31-3)22(30-2)14-19(21)24(20)28/h4-16H,1-3H3. The Morgan fingerprint density at radius 2 is 1.45 bits per heavy atom. The van der Waals surface area contributed by atoms with Crippen molar-refractivity contribution in [2.24, 2.45) is 0 Å². The zero-order valence-corrected chi connectivity index (χ0v) is 17.5. The lowest BCUT2D eigenvalue weighted by atomic mass is 10.1. The van der Waals surface area contributed by atoms with Crippen LogP contribution in [0.4, 0.5) is 5.69 Å². The van der Waals surface area contributed by atoms with Gasteiger partial charge in [-0.2, -0.15) is 0 Å². The summed E-state index contributed by atoms with van der Waals surface area (Å²) in [5, 5.41) is 0.369. The number of para-hydroxylation sites is 2. The number of benzene rings is 3. The first-order chi connectivity index (χ1) is 15.0. The third-order valence-electron chi connectivity index (χ3n) is 5.22. The number of fused-ring (bicyclic) bond motifs is 1. The highest BCUT2D eigenvalue weighted by Gasteiger charge is 2.22. The molecule has 31 heavy (non-hydrogen) atoms. The first-order valence-electron chi connectivity index (χ1n) is 9.75. The zero-order valence-electron chi connectivity index (χ0n) is 17.5. The SMILES string of the molecule is COc1cc2c(=O)c(C(=O)N(C)c3ccccc3)cn(-c3ccccc3)c2cc1OC. The minimum atomic E-state index is -0.391. The van der Waals surface area contributed by atoms with E-state index in [-0.39, 0.29) is 11.0 Å². The lowest BCUT2D eigenvalue weighted by molar-refractivity contribution is 0.0991. The Balaban J connectivity index is 1.99. The molecule has 6 heteroatoms. The molecule has 4 aromatic rings. The highest BCUT2D eigenvalue weighted by atomic mass is 16.5. The summed E-state index contributed by atoms with van der Waals surface area (Å²) in [6.45, 7) is 0. The number of carbonyl (C=O) groups is 1. The predicted molar refractivity (Wildman–Crippen MR) is 122 cm³/mol. The van der Waals surface area contributed by atoms with Crippen LogP contribution in [-0.2, 0) is 0 Å². The van der Waals surface area contributed by atoms with Crippen molar-refractivity contribution in [1.82, 2.24) is 4.57 Å². The van der Waals surface area contributed by atoms with Crippen molar-refractivity contribution >= 4 is 22.5 Å². The van der Waals surface area contributed by atoms with Crippen LogP contribution in [0.3, 0.4) is 0 Å². The van der Waals surface area contributed by atoms with Gasteiger partial charge in [0.25, 0.3) is 5.91 Å². The van der Waals surface area contributed by atoms with Gasteiger partial charge in [0.05, 0.1) is 25.1 Å². The molecular weight excluding hydrogens is 392 g/mol. The number of ether oxygens (including phenoxy) is 2. The predicted octanol–water partition coefficient (Wildman–Crippen LogP) is 4.28. The van der Waals surface area contributed by atoms with E-state index in [0.717, 1.165) is 5.69 Å². The summed E-state index contributed by atoms with van der Waals surface area (Å²) in [7, 11) is 4.71. The minimum Gasteiger partial charge on any atom is -0.493 e. The van der Waals surface area contributed by atoms with Crippen LogP contribution < -0.4 is 19.8 Å². The van der Waals surface area contributed by atoms with Crippen molar-refractivity contribution in [3.63, 3.8) is 0 Å². The van der Waals surface area contributed by atoms with Gasteiger partial charge in [-0.3, -0.25) is 9.59 Å². The topological polar surface area (TPSA) is 60.8 Å². The Morgan fingerprint density at radius 3 is 2.06 bits per heavy atom. The monoisotopic (exact) mass is 414 g/mol. The van der Waals surface area contributed by atoms with Crippen molar-refractivity contribution in [1.29, 1.82) is 0 Å². The first kappa shape index (κ1) is 20.2. The van der Waals surface area contributed by atoms with Crippen LogP contribution in [0.1, 0.15) is 10.4 Å². The van der Waals surface area contributed by atoms with Crippen molar-refractivity contribution < 1.29 is 14.3 Å². The lowest BCUT2D eigenvalue weighted by Crippen LogP contribution is -2.31. The van der Waals surface area contributed by atoms with E-state index in [9.17, 15) is 9.59 Å². The molecular formula is C25H22N2O4. The molecule has 1 amide bonds. The summed E-state index contributed by atoms with van der Waals surface area (Å²) < 4.78 is 12.7. The highest BCUT2D eigenvalue weighted by Crippen LogP contribution is 2.32. The number of methoxy groups -OCH3 is 2. The van der Waals surface area contributed by atoms with Crippen molar-refractivity contribution in [2.45, 2.75) is 0 Å². The minimum absolute atomic E-state index is 0.0647. The average Bonchev–Trinajstić information content (AvgIpc) is 2.83. The number of carbonyl (C=O) groups excluding carboxylic acids is 1. The summed E-state index contributed by atoms with van der Waals surface area (Å²) in [6.07, 6.45) is 1.59. The fourth-order valence-electron chi connectivity index (χ4n) is 3.56. The number of hydrogen-bond acceptors (Lipinski definition) is 4. The lowest BCUT2D eigenvalue weighted by Gasteiger charge is -2.20. The highest BCUT2D eigenvalue weighted by molar-refractivity contribution is 6.07. The van der Waals surface area contributed by atoms with Crippen molar-refractivity contribution in [2.75, 3.05) is 26.2 Å². The van der Waals surface area contributed by atoms with Crippen LogP contribution >= 0.6 is 0 Å². The molecule has 0 unspecified atom stereocenters. The Hall–Kier alpha value is -4.06. The Labute approximate surface area is 179 Å². The third kappa shape index (κ3) is 3.64. The maximum atomic E-state index is 13.4. The molecule has 0 atom stereocenters. The number of aromatic nitrogens is 1. The van der Waals surface area contributed by atoms with Crippen LogP contribution in [0, 0.1) is 0 Å². The fourth-order valence-corrected chi connectivity index (χ4v) is 3.56. The van der Waals surface area contributed by atoms with Gasteiger partial charge in [-0.25, -0.2) is 0 Å². The van der Waals surface area contributed by atoms with E-state index in [1.807, 2.05) is 65.2 Å². The Kier molecular flexibility index (Phi) is 5.45. The smallest absolute Gasteiger partial charge is 0.263 e. The second-order valence-corrected chi connectivity index (χ2v) is 7.00. The number of hydrogen-bond donors (Lipinski definition) is 0. The second kappa shape index (κ2) is 8.36.